The lowest BCUT2D eigenvalue weighted by Crippen LogP contribution is -1.97. The molecule has 1 aromatic carbocycles. The first-order chi connectivity index (χ1) is 8.20. The van der Waals surface area contributed by atoms with Crippen molar-refractivity contribution in [3.05, 3.63) is 46.3 Å². The van der Waals surface area contributed by atoms with Gasteiger partial charge in [-0.05, 0) is 36.4 Å². The predicted octanol–water partition coefficient (Wildman–Crippen LogP) is 3.69. The second kappa shape index (κ2) is 5.65. The van der Waals surface area contributed by atoms with Crippen molar-refractivity contribution in [3.63, 3.8) is 0 Å². The first-order valence-corrected chi connectivity index (χ1v) is 6.82. The first-order valence-electron chi connectivity index (χ1n) is 5.40. The molecule has 0 spiro atoms. The zero-order chi connectivity index (χ0) is 12.3. The van der Waals surface area contributed by atoms with Crippen LogP contribution in [0.1, 0.15) is 11.4 Å². The molecule has 0 saturated heterocycles. The van der Waals surface area contributed by atoms with Crippen molar-refractivity contribution in [3.8, 4) is 11.3 Å². The molecule has 0 radical (unpaired) electrons. The van der Waals surface area contributed by atoms with Crippen LogP contribution < -0.4 is 0 Å². The van der Waals surface area contributed by atoms with Gasteiger partial charge in [-0.3, -0.25) is 0 Å². The topological polar surface area (TPSA) is 25.8 Å². The van der Waals surface area contributed by atoms with E-state index >= 15 is 0 Å². The Morgan fingerprint density at radius 2 is 2.12 bits per heavy atom. The number of rotatable bonds is 3. The molecular weight excluding hydrogens is 296 g/mol. The Morgan fingerprint density at radius 3 is 2.88 bits per heavy atom. The van der Waals surface area contributed by atoms with E-state index < -0.39 is 0 Å². The van der Waals surface area contributed by atoms with E-state index in [-0.39, 0.29) is 0 Å². The molecule has 0 bridgehead atoms. The third-order valence-electron chi connectivity index (χ3n) is 2.52. The molecule has 0 aliphatic carbocycles. The number of aryl methyl sites for hydroxylation is 2. The van der Waals surface area contributed by atoms with Gasteiger partial charge in [0.25, 0.3) is 0 Å². The minimum atomic E-state index is 0.765. The predicted molar refractivity (Wildman–Crippen MR) is 77.5 cm³/mol. The van der Waals surface area contributed by atoms with E-state index in [1.54, 1.807) is 6.20 Å². The second-order valence-electron chi connectivity index (χ2n) is 3.79. The summed E-state index contributed by atoms with van der Waals surface area (Å²) in [5, 5.41) is 0. The third-order valence-corrected chi connectivity index (χ3v) is 3.23. The Labute approximate surface area is 115 Å². The molecule has 2 rings (SSSR count). The van der Waals surface area contributed by atoms with Gasteiger partial charge in [0.1, 0.15) is 5.82 Å². The minimum Gasteiger partial charge on any atom is -0.241 e. The maximum Gasteiger partial charge on any atom is 0.129 e. The lowest BCUT2D eigenvalue weighted by atomic mass is 10.1. The summed E-state index contributed by atoms with van der Waals surface area (Å²) in [6.07, 6.45) is 2.60. The van der Waals surface area contributed by atoms with Crippen LogP contribution in [-0.4, -0.2) is 15.7 Å². The largest absolute Gasteiger partial charge is 0.241 e. The number of thiol groups is 1. The molecule has 2 nitrogen and oxygen atoms in total. The fraction of sp³-hybridized carbons (Fsp3) is 0.231. The van der Waals surface area contributed by atoms with Gasteiger partial charge >= 0.3 is 0 Å². The van der Waals surface area contributed by atoms with Crippen LogP contribution in [0.5, 0.6) is 0 Å². The standard InChI is InChI=1S/C13H13BrN2S/c1-9-2-3-10(14)8-11(9)12-4-6-15-13(16-12)5-7-17/h2-4,6,8,17H,5,7H2,1H3. The Morgan fingerprint density at radius 1 is 1.29 bits per heavy atom. The number of nitrogens with zero attached hydrogens (tertiary/aromatic N) is 2. The van der Waals surface area contributed by atoms with Crippen molar-refractivity contribution in [1.29, 1.82) is 0 Å². The van der Waals surface area contributed by atoms with Crippen LogP contribution in [0.3, 0.4) is 0 Å². The van der Waals surface area contributed by atoms with Crippen molar-refractivity contribution in [2.75, 3.05) is 5.75 Å². The Balaban J connectivity index is 2.45. The fourth-order valence-electron chi connectivity index (χ4n) is 1.64. The number of aromatic nitrogens is 2. The smallest absolute Gasteiger partial charge is 0.129 e. The maximum absolute atomic E-state index is 4.55. The summed E-state index contributed by atoms with van der Waals surface area (Å²) >= 11 is 7.69. The molecule has 0 aliphatic rings. The average molecular weight is 309 g/mol. The van der Waals surface area contributed by atoms with E-state index in [1.807, 2.05) is 12.1 Å². The van der Waals surface area contributed by atoms with Crippen LogP contribution in [0.15, 0.2) is 34.9 Å². The molecular formula is C13H13BrN2S. The summed E-state index contributed by atoms with van der Waals surface area (Å²) in [6.45, 7) is 2.09. The van der Waals surface area contributed by atoms with Crippen LogP contribution in [0, 0.1) is 6.92 Å². The van der Waals surface area contributed by atoms with E-state index in [4.69, 9.17) is 0 Å². The van der Waals surface area contributed by atoms with E-state index in [0.29, 0.717) is 0 Å². The summed E-state index contributed by atoms with van der Waals surface area (Å²) < 4.78 is 1.06. The number of hydrogen-bond acceptors (Lipinski definition) is 3. The number of hydrogen-bond donors (Lipinski definition) is 1. The molecule has 88 valence electrons. The highest BCUT2D eigenvalue weighted by Gasteiger charge is 2.05. The molecule has 17 heavy (non-hydrogen) atoms. The molecule has 2 aromatic rings. The summed E-state index contributed by atoms with van der Waals surface area (Å²) in [5.74, 6) is 1.61. The highest BCUT2D eigenvalue weighted by Crippen LogP contribution is 2.25. The highest BCUT2D eigenvalue weighted by molar-refractivity contribution is 9.10. The van der Waals surface area contributed by atoms with Gasteiger partial charge in [-0.25, -0.2) is 9.97 Å². The normalized spacial score (nSPS) is 10.5. The molecule has 0 fully saturated rings. The van der Waals surface area contributed by atoms with E-state index in [0.717, 1.165) is 33.7 Å². The van der Waals surface area contributed by atoms with Gasteiger partial charge in [-0.1, -0.05) is 22.0 Å². The SMILES string of the molecule is Cc1ccc(Br)cc1-c1ccnc(CCS)n1. The van der Waals surface area contributed by atoms with E-state index in [2.05, 4.69) is 57.6 Å². The van der Waals surface area contributed by atoms with Gasteiger partial charge in [0.05, 0.1) is 5.69 Å². The van der Waals surface area contributed by atoms with E-state index in [1.165, 1.54) is 5.56 Å². The summed E-state index contributed by atoms with van der Waals surface area (Å²) in [6, 6.07) is 8.15. The van der Waals surface area contributed by atoms with Crippen molar-refractivity contribution < 1.29 is 0 Å². The van der Waals surface area contributed by atoms with Gasteiger partial charge in [-0.15, -0.1) is 0 Å². The van der Waals surface area contributed by atoms with Crippen LogP contribution in [0.2, 0.25) is 0 Å². The maximum atomic E-state index is 4.55. The van der Waals surface area contributed by atoms with Crippen LogP contribution in [0.4, 0.5) is 0 Å². The monoisotopic (exact) mass is 308 g/mol. The molecule has 4 heteroatoms. The lowest BCUT2D eigenvalue weighted by Gasteiger charge is -2.07. The Hall–Kier alpha value is -0.870. The lowest BCUT2D eigenvalue weighted by molar-refractivity contribution is 0.952. The number of halogens is 1. The van der Waals surface area contributed by atoms with Crippen molar-refractivity contribution in [2.24, 2.45) is 0 Å². The van der Waals surface area contributed by atoms with Gasteiger partial charge in [0, 0.05) is 22.7 Å². The van der Waals surface area contributed by atoms with Gasteiger partial charge in [0.15, 0.2) is 0 Å². The zero-order valence-corrected chi connectivity index (χ0v) is 12.0. The zero-order valence-electron chi connectivity index (χ0n) is 9.52. The fourth-order valence-corrected chi connectivity index (χ4v) is 2.20. The van der Waals surface area contributed by atoms with Gasteiger partial charge in [-0.2, -0.15) is 12.6 Å². The Kier molecular flexibility index (Phi) is 4.18. The molecule has 1 aromatic heterocycles. The van der Waals surface area contributed by atoms with Crippen LogP contribution in [0.25, 0.3) is 11.3 Å². The van der Waals surface area contributed by atoms with E-state index in [9.17, 15) is 0 Å². The molecule has 1 heterocycles. The number of benzene rings is 1. The first kappa shape index (κ1) is 12.6. The Bertz CT molecular complexity index is 529. The quantitative estimate of drug-likeness (QED) is 0.875. The molecule has 0 N–H and O–H groups in total. The third kappa shape index (κ3) is 3.07. The van der Waals surface area contributed by atoms with Gasteiger partial charge < -0.3 is 0 Å². The second-order valence-corrected chi connectivity index (χ2v) is 5.15. The average Bonchev–Trinajstić information content (AvgIpc) is 2.33. The van der Waals surface area contributed by atoms with Crippen LogP contribution >= 0.6 is 28.6 Å². The van der Waals surface area contributed by atoms with Gasteiger partial charge in [0.2, 0.25) is 0 Å². The van der Waals surface area contributed by atoms with Crippen molar-refractivity contribution >= 4 is 28.6 Å². The van der Waals surface area contributed by atoms with Crippen LogP contribution in [-0.2, 0) is 6.42 Å². The molecule has 0 aliphatic heterocycles. The summed E-state index contributed by atoms with van der Waals surface area (Å²) in [5.41, 5.74) is 3.32. The molecule has 0 saturated carbocycles. The molecule has 0 amide bonds. The van der Waals surface area contributed by atoms with Crippen molar-refractivity contribution in [2.45, 2.75) is 13.3 Å². The minimum absolute atomic E-state index is 0.765. The van der Waals surface area contributed by atoms with Crippen molar-refractivity contribution in [1.82, 2.24) is 9.97 Å². The summed E-state index contributed by atoms with van der Waals surface area (Å²) in [7, 11) is 0. The highest BCUT2D eigenvalue weighted by atomic mass is 79.9. The summed E-state index contributed by atoms with van der Waals surface area (Å²) in [4.78, 5) is 8.79. The molecule has 0 atom stereocenters. The molecule has 0 unspecified atom stereocenters.